The summed E-state index contributed by atoms with van der Waals surface area (Å²) < 4.78 is 5.06. The van der Waals surface area contributed by atoms with E-state index >= 15 is 0 Å². The molecule has 0 spiro atoms. The minimum Gasteiger partial charge on any atom is -0.456 e. The standard InChI is InChI=1S/C19H17NO5S/c1-10-8-15(12(3)26-10)16(21)9-25-19(24)11(2)20-17(22)13-6-4-5-7-14(13)18(20)23/h4-8,11H,9H2,1-3H3/t11-/m1/s1. The van der Waals surface area contributed by atoms with Gasteiger partial charge in [-0.05, 0) is 39.0 Å². The molecule has 2 amide bonds. The van der Waals surface area contributed by atoms with Crippen molar-refractivity contribution in [2.75, 3.05) is 6.61 Å². The van der Waals surface area contributed by atoms with Crippen molar-refractivity contribution >= 4 is 34.9 Å². The quantitative estimate of drug-likeness (QED) is 0.459. The number of thiophene rings is 1. The Balaban J connectivity index is 1.67. The van der Waals surface area contributed by atoms with E-state index in [1.807, 2.05) is 13.8 Å². The fourth-order valence-electron chi connectivity index (χ4n) is 2.91. The molecule has 1 aliphatic rings. The molecule has 1 aromatic carbocycles. The number of hydrogen-bond acceptors (Lipinski definition) is 6. The van der Waals surface area contributed by atoms with Gasteiger partial charge in [-0.3, -0.25) is 19.3 Å². The monoisotopic (exact) mass is 371 g/mol. The molecule has 3 rings (SSSR count). The second-order valence-electron chi connectivity index (χ2n) is 6.06. The molecular formula is C19H17NO5S. The van der Waals surface area contributed by atoms with E-state index in [0.717, 1.165) is 14.7 Å². The lowest BCUT2D eigenvalue weighted by atomic mass is 10.1. The highest BCUT2D eigenvalue weighted by atomic mass is 32.1. The largest absolute Gasteiger partial charge is 0.456 e. The molecular weight excluding hydrogens is 354 g/mol. The van der Waals surface area contributed by atoms with Crippen LogP contribution >= 0.6 is 11.3 Å². The number of ether oxygens (including phenoxy) is 1. The zero-order valence-corrected chi connectivity index (χ0v) is 15.4. The molecule has 0 radical (unpaired) electrons. The van der Waals surface area contributed by atoms with Crippen molar-refractivity contribution in [1.29, 1.82) is 0 Å². The van der Waals surface area contributed by atoms with Crippen molar-refractivity contribution in [3.63, 3.8) is 0 Å². The molecule has 26 heavy (non-hydrogen) atoms. The number of imide groups is 1. The molecule has 0 saturated carbocycles. The molecule has 134 valence electrons. The highest BCUT2D eigenvalue weighted by Crippen LogP contribution is 2.25. The molecule has 6 nitrogen and oxygen atoms in total. The van der Waals surface area contributed by atoms with E-state index in [4.69, 9.17) is 4.74 Å². The van der Waals surface area contributed by atoms with Crippen LogP contribution in [0.25, 0.3) is 0 Å². The highest BCUT2D eigenvalue weighted by molar-refractivity contribution is 7.12. The number of carbonyl (C=O) groups is 4. The second kappa shape index (κ2) is 6.84. The van der Waals surface area contributed by atoms with Crippen molar-refractivity contribution in [1.82, 2.24) is 4.90 Å². The first-order valence-electron chi connectivity index (χ1n) is 8.05. The van der Waals surface area contributed by atoms with Crippen LogP contribution in [0.1, 0.15) is 47.8 Å². The minimum absolute atomic E-state index is 0.262. The van der Waals surface area contributed by atoms with Crippen LogP contribution in [0.15, 0.2) is 30.3 Å². The topological polar surface area (TPSA) is 80.8 Å². The smallest absolute Gasteiger partial charge is 0.329 e. The molecule has 7 heteroatoms. The molecule has 0 N–H and O–H groups in total. The Morgan fingerprint density at radius 1 is 1.12 bits per heavy atom. The summed E-state index contributed by atoms with van der Waals surface area (Å²) in [5, 5.41) is 0. The lowest BCUT2D eigenvalue weighted by molar-refractivity contribution is -0.146. The number of ketones is 1. The van der Waals surface area contributed by atoms with Crippen LogP contribution in [0.4, 0.5) is 0 Å². The maximum Gasteiger partial charge on any atom is 0.329 e. The van der Waals surface area contributed by atoms with Crippen molar-refractivity contribution in [2.24, 2.45) is 0 Å². The summed E-state index contributed by atoms with van der Waals surface area (Å²) >= 11 is 1.49. The van der Waals surface area contributed by atoms with E-state index < -0.39 is 30.4 Å². The number of hydrogen-bond donors (Lipinski definition) is 0. The molecule has 0 aliphatic carbocycles. The Hall–Kier alpha value is -2.80. The molecule has 2 heterocycles. The first-order valence-corrected chi connectivity index (χ1v) is 8.86. The normalized spacial score (nSPS) is 14.3. The number of carbonyl (C=O) groups excluding carboxylic acids is 4. The van der Waals surface area contributed by atoms with Crippen molar-refractivity contribution in [3.8, 4) is 0 Å². The first-order chi connectivity index (χ1) is 12.3. The first kappa shape index (κ1) is 18.0. The molecule has 2 aromatic rings. The number of esters is 1. The van der Waals surface area contributed by atoms with Gasteiger partial charge in [-0.25, -0.2) is 4.79 Å². The maximum atomic E-state index is 12.4. The lowest BCUT2D eigenvalue weighted by Gasteiger charge is -2.20. The van der Waals surface area contributed by atoms with Gasteiger partial charge in [0, 0.05) is 15.3 Å². The lowest BCUT2D eigenvalue weighted by Crippen LogP contribution is -2.44. The molecule has 0 bridgehead atoms. The van der Waals surface area contributed by atoms with Gasteiger partial charge in [-0.1, -0.05) is 12.1 Å². The summed E-state index contributed by atoms with van der Waals surface area (Å²) in [5.41, 5.74) is 1.05. The Kier molecular flexibility index (Phi) is 4.73. The van der Waals surface area contributed by atoms with E-state index in [1.165, 1.54) is 18.3 Å². The molecule has 0 unspecified atom stereocenters. The average molecular weight is 371 g/mol. The van der Waals surface area contributed by atoms with Gasteiger partial charge >= 0.3 is 5.97 Å². The third-order valence-electron chi connectivity index (χ3n) is 4.24. The van der Waals surface area contributed by atoms with E-state index in [0.29, 0.717) is 5.56 Å². The number of Topliss-reactive ketones (excluding diaryl/α,β-unsaturated/α-hetero) is 1. The minimum atomic E-state index is -1.11. The van der Waals surface area contributed by atoms with Gasteiger partial charge in [0.25, 0.3) is 11.8 Å². The van der Waals surface area contributed by atoms with Crippen LogP contribution < -0.4 is 0 Å². The number of rotatable bonds is 5. The van der Waals surface area contributed by atoms with Crippen LogP contribution in [0.2, 0.25) is 0 Å². The van der Waals surface area contributed by atoms with Crippen LogP contribution in [0.5, 0.6) is 0 Å². The Labute approximate surface area is 154 Å². The fourth-order valence-corrected chi connectivity index (χ4v) is 3.85. The Bertz CT molecular complexity index is 895. The van der Waals surface area contributed by atoms with E-state index in [1.54, 1.807) is 30.3 Å². The Morgan fingerprint density at radius 2 is 1.69 bits per heavy atom. The number of nitrogens with zero attached hydrogens (tertiary/aromatic N) is 1. The van der Waals surface area contributed by atoms with Crippen LogP contribution in [-0.2, 0) is 9.53 Å². The van der Waals surface area contributed by atoms with E-state index in [9.17, 15) is 19.2 Å². The van der Waals surface area contributed by atoms with Crippen molar-refractivity contribution in [2.45, 2.75) is 26.8 Å². The second-order valence-corrected chi connectivity index (χ2v) is 7.52. The summed E-state index contributed by atoms with van der Waals surface area (Å²) in [6.45, 7) is 4.71. The SMILES string of the molecule is Cc1cc(C(=O)COC(=O)[C@@H](C)N2C(=O)c3ccccc3C2=O)c(C)s1. The summed E-state index contributed by atoms with van der Waals surface area (Å²) in [5.74, 6) is -2.18. The average Bonchev–Trinajstić information content (AvgIpc) is 3.09. The highest BCUT2D eigenvalue weighted by Gasteiger charge is 2.41. The third-order valence-corrected chi connectivity index (χ3v) is 5.21. The summed E-state index contributed by atoms with van der Waals surface area (Å²) in [7, 11) is 0. The maximum absolute atomic E-state index is 12.4. The summed E-state index contributed by atoms with van der Waals surface area (Å²) in [4.78, 5) is 52.0. The van der Waals surface area contributed by atoms with Crippen molar-refractivity contribution < 1.29 is 23.9 Å². The van der Waals surface area contributed by atoms with Gasteiger partial charge in [-0.2, -0.15) is 0 Å². The number of benzene rings is 1. The number of aryl methyl sites for hydroxylation is 2. The van der Waals surface area contributed by atoms with Gasteiger partial charge in [-0.15, -0.1) is 11.3 Å². The van der Waals surface area contributed by atoms with Gasteiger partial charge in [0.05, 0.1) is 11.1 Å². The van der Waals surface area contributed by atoms with Crippen LogP contribution in [0, 0.1) is 13.8 Å². The number of amides is 2. The van der Waals surface area contributed by atoms with Crippen LogP contribution in [0.3, 0.4) is 0 Å². The zero-order chi connectivity index (χ0) is 19.0. The third kappa shape index (κ3) is 3.06. The van der Waals surface area contributed by atoms with Crippen molar-refractivity contribution in [3.05, 3.63) is 56.8 Å². The van der Waals surface area contributed by atoms with E-state index in [2.05, 4.69) is 0 Å². The van der Waals surface area contributed by atoms with E-state index in [-0.39, 0.29) is 16.9 Å². The predicted octanol–water partition coefficient (Wildman–Crippen LogP) is 2.78. The predicted molar refractivity (Wildman–Crippen MR) is 95.5 cm³/mol. The summed E-state index contributed by atoms with van der Waals surface area (Å²) in [6.07, 6.45) is 0. The molecule has 1 aliphatic heterocycles. The number of fused-ring (bicyclic) bond motifs is 1. The fraction of sp³-hybridized carbons (Fsp3) is 0.263. The summed E-state index contributed by atoms with van der Waals surface area (Å²) in [6, 6.07) is 7.03. The van der Waals surface area contributed by atoms with Gasteiger partial charge in [0.1, 0.15) is 6.04 Å². The zero-order valence-electron chi connectivity index (χ0n) is 14.6. The van der Waals surface area contributed by atoms with Gasteiger partial charge in [0.2, 0.25) is 5.78 Å². The van der Waals surface area contributed by atoms with Gasteiger partial charge in [0.15, 0.2) is 6.61 Å². The Morgan fingerprint density at radius 3 is 2.19 bits per heavy atom. The molecule has 0 saturated heterocycles. The molecule has 0 fully saturated rings. The van der Waals surface area contributed by atoms with Crippen LogP contribution in [-0.4, -0.2) is 41.1 Å². The molecule has 1 atom stereocenters. The molecule has 1 aromatic heterocycles. The van der Waals surface area contributed by atoms with Gasteiger partial charge < -0.3 is 4.74 Å².